The number of aryl methyl sites for hydroxylation is 2. The Morgan fingerprint density at radius 3 is 2.33 bits per heavy atom. The number of aromatic nitrogens is 2. The van der Waals surface area contributed by atoms with Gasteiger partial charge in [0.1, 0.15) is 61.8 Å². The number of nitriles is 2. The molecule has 0 bridgehead atoms. The molecule has 0 aliphatic carbocycles. The Morgan fingerprint density at radius 2 is 1.56 bits per heavy atom. The fourth-order valence-electron chi connectivity index (χ4n) is 13.0. The molecule has 9 N–H and O–H groups in total. The molecule has 0 spiro atoms. The fraction of sp³-hybridized carbons (Fsp3) is 0.470. The number of phosphoric acid groups is 3. The van der Waals surface area contributed by atoms with E-state index in [0.29, 0.717) is 31.4 Å². The molecule has 2 unspecified atom stereocenters. The van der Waals surface area contributed by atoms with Gasteiger partial charge in [0.15, 0.2) is 0 Å². The van der Waals surface area contributed by atoms with Gasteiger partial charge >= 0.3 is 41.2 Å². The Hall–Kier alpha value is -8.80. The molecular weight excluding hydrogens is 1400 g/mol. The third-order valence-electron chi connectivity index (χ3n) is 17.3. The van der Waals surface area contributed by atoms with Gasteiger partial charge in [-0.05, 0) is 86.8 Å². The van der Waals surface area contributed by atoms with E-state index in [-0.39, 0.29) is 106 Å². The summed E-state index contributed by atoms with van der Waals surface area (Å²) in [4.78, 5) is 119. The minimum atomic E-state index is -5.85. The summed E-state index contributed by atoms with van der Waals surface area (Å²) in [6, 6.07) is 13.1. The van der Waals surface area contributed by atoms with E-state index in [4.69, 9.17) is 48.2 Å². The molecule has 33 nitrogen and oxygen atoms in total. The van der Waals surface area contributed by atoms with E-state index in [1.165, 1.54) is 45.6 Å². The topological polar surface area (TPSA) is 458 Å². The summed E-state index contributed by atoms with van der Waals surface area (Å²) in [5.74, 6) is 5.00. The van der Waals surface area contributed by atoms with Crippen molar-refractivity contribution < 1.29 is 104 Å². The third kappa shape index (κ3) is 19.9. The van der Waals surface area contributed by atoms with E-state index in [1.54, 1.807) is 18.2 Å². The maximum Gasteiger partial charge on any atom is 0.490 e. The fourth-order valence-corrected chi connectivity index (χ4v) is 16.0. The molecule has 1 saturated heterocycles. The smallest absolute Gasteiger partial charge is 0.490 e. The second-order valence-electron chi connectivity index (χ2n) is 24.3. The Labute approximate surface area is 583 Å². The van der Waals surface area contributed by atoms with Gasteiger partial charge in [-0.15, -0.1) is 0 Å². The number of hydrogen-bond donors (Lipinski definition) is 9. The van der Waals surface area contributed by atoms with Gasteiger partial charge in [0.05, 0.1) is 87.0 Å². The van der Waals surface area contributed by atoms with Crippen LogP contribution in [0.2, 0.25) is 0 Å². The van der Waals surface area contributed by atoms with E-state index in [1.807, 2.05) is 11.1 Å². The van der Waals surface area contributed by atoms with Crippen LogP contribution in [-0.2, 0) is 85.7 Å². The first kappa shape index (κ1) is 75.9. The highest BCUT2D eigenvalue weighted by Gasteiger charge is 2.44. The molecule has 0 saturated carbocycles. The summed E-state index contributed by atoms with van der Waals surface area (Å²) in [6.45, 7) is 3.82. The van der Waals surface area contributed by atoms with Crippen LogP contribution in [0.15, 0.2) is 70.3 Å². The highest BCUT2D eigenvalue weighted by Crippen LogP contribution is 2.66. The van der Waals surface area contributed by atoms with Crippen molar-refractivity contribution in [1.29, 1.82) is 10.5 Å². The monoisotopic (exact) mass is 1470 g/mol. The average molecular weight is 1470 g/mol. The van der Waals surface area contributed by atoms with Crippen molar-refractivity contribution in [2.45, 2.75) is 108 Å². The molecule has 1 fully saturated rings. The number of ether oxygens (including phenoxy) is 7. The van der Waals surface area contributed by atoms with Crippen LogP contribution < -0.4 is 52.0 Å². The van der Waals surface area contributed by atoms with Crippen molar-refractivity contribution >= 4 is 58.6 Å². The van der Waals surface area contributed by atoms with Gasteiger partial charge in [-0.1, -0.05) is 24.3 Å². The predicted octanol–water partition coefficient (Wildman–Crippen LogP) is 3.76. The molecular formula is C66H77N9O24P3+. The minimum absolute atomic E-state index is 0.0501. The summed E-state index contributed by atoms with van der Waals surface area (Å²) in [7, 11) is -17.1. The van der Waals surface area contributed by atoms with Crippen molar-refractivity contribution in [2.75, 3.05) is 97.0 Å². The summed E-state index contributed by atoms with van der Waals surface area (Å²) in [6.07, 6.45) is 9.15. The van der Waals surface area contributed by atoms with Crippen molar-refractivity contribution in [3.8, 4) is 35.5 Å². The van der Waals surface area contributed by atoms with Crippen LogP contribution in [0.25, 0.3) is 5.57 Å². The minimum Gasteiger partial charge on any atom is -0.497 e. The molecule has 36 heteroatoms. The molecule has 544 valence electrons. The quantitative estimate of drug-likeness (QED) is 0.00721. The number of fused-ring (bicyclic) bond motifs is 4. The van der Waals surface area contributed by atoms with E-state index in [9.17, 15) is 62.6 Å². The lowest BCUT2D eigenvalue weighted by atomic mass is 9.81. The lowest BCUT2D eigenvalue weighted by Gasteiger charge is -2.39. The number of H-pyrrole nitrogens is 1. The van der Waals surface area contributed by atoms with Gasteiger partial charge in [-0.25, -0.2) is 32.7 Å². The lowest BCUT2D eigenvalue weighted by molar-refractivity contribution is -0.121. The number of carbonyl (C=O) groups excluding carboxylic acids is 3. The van der Waals surface area contributed by atoms with E-state index >= 15 is 0 Å². The van der Waals surface area contributed by atoms with E-state index < -0.39 is 71.8 Å². The summed E-state index contributed by atoms with van der Waals surface area (Å²) >= 11 is 0. The number of rotatable bonds is 33. The number of carbonyl (C=O) groups is 4. The first-order valence-corrected chi connectivity index (χ1v) is 37.6. The van der Waals surface area contributed by atoms with Crippen LogP contribution >= 0.6 is 23.5 Å². The molecule has 1 aromatic heterocycles. The lowest BCUT2D eigenvalue weighted by Crippen LogP contribution is -2.45. The van der Waals surface area contributed by atoms with Gasteiger partial charge in [-0.2, -0.15) is 19.1 Å². The number of aromatic amines is 1. The molecule has 6 aliphatic rings. The number of carboxylic acid groups (broad SMARTS) is 1. The molecule has 3 aromatic carbocycles. The summed E-state index contributed by atoms with van der Waals surface area (Å²) < 4.78 is 90.2. The molecule has 3 amide bonds. The van der Waals surface area contributed by atoms with E-state index in [2.05, 4.69) is 62.5 Å². The zero-order valence-corrected chi connectivity index (χ0v) is 58.0. The molecule has 7 heterocycles. The van der Waals surface area contributed by atoms with Crippen LogP contribution in [0.3, 0.4) is 0 Å². The Balaban J connectivity index is 0.583. The highest BCUT2D eigenvalue weighted by molar-refractivity contribution is 7.66. The Morgan fingerprint density at radius 1 is 0.794 bits per heavy atom. The summed E-state index contributed by atoms with van der Waals surface area (Å²) in [5.41, 5.74) is 6.84. The number of unbranched alkanes of at least 4 members (excludes halogenated alkanes) is 2. The van der Waals surface area contributed by atoms with Gasteiger partial charge in [0.25, 0.3) is 11.5 Å². The number of alkyl carbamates (subject to hydrolysis) is 1. The van der Waals surface area contributed by atoms with E-state index in [0.717, 1.165) is 129 Å². The van der Waals surface area contributed by atoms with Crippen LogP contribution in [0.5, 0.6) is 11.5 Å². The number of nitrogens with zero attached hydrogens (tertiary/aromatic N) is 5. The number of carboxylic acids is 1. The van der Waals surface area contributed by atoms with Gasteiger partial charge in [0.2, 0.25) is 11.3 Å². The van der Waals surface area contributed by atoms with Crippen molar-refractivity contribution in [2.24, 2.45) is 0 Å². The summed E-state index contributed by atoms with van der Waals surface area (Å²) in [5, 5.41) is 39.5. The number of hydrogen-bond acceptors (Lipinski definition) is 22. The largest absolute Gasteiger partial charge is 0.497 e. The molecule has 10 rings (SSSR count). The number of nitrogens with one attached hydrogen (secondary N) is 4. The average Bonchev–Trinajstić information content (AvgIpc) is 0.788. The number of anilines is 1. The van der Waals surface area contributed by atoms with Crippen molar-refractivity contribution in [3.63, 3.8) is 0 Å². The Bertz CT molecular complexity index is 4500. The van der Waals surface area contributed by atoms with Crippen LogP contribution in [0, 0.1) is 34.5 Å². The number of allylic oxidation sites excluding steroid dienone is 1. The highest BCUT2D eigenvalue weighted by atomic mass is 31.3. The zero-order valence-electron chi connectivity index (χ0n) is 55.3. The normalized spacial score (nSPS) is 18.4. The van der Waals surface area contributed by atoms with Crippen molar-refractivity contribution in [1.82, 2.24) is 30.1 Å². The second-order valence-corrected chi connectivity index (χ2v) is 28.7. The molecule has 0 radical (unpaired) electrons. The van der Waals surface area contributed by atoms with Crippen LogP contribution in [0.4, 0.5) is 10.5 Å². The molecule has 6 aliphatic heterocycles. The number of phosphoric ester groups is 1. The molecule has 4 aromatic rings. The van der Waals surface area contributed by atoms with Gasteiger partial charge in [-0.3, -0.25) is 28.5 Å². The molecule has 102 heavy (non-hydrogen) atoms. The Kier molecular flexibility index (Phi) is 26.0. The maximum atomic E-state index is 13.6. The standard InChI is InChI=1S/C66H76N9O24P3/c67-19-9-27-93-53-37-56(96-54(53)41-95-101(86,87)99-102(88,89)98-100(83,84)85)75-39-46(63(78)72-65(75)81)10-4-21-71-66(82)94-33-32-92-40-42(38-68)18-28-90-30-31-91-29-22-69-55(76)15-2-1-3-20-70-62(77)45-16-17-47(50(36-45)64(79)80)57-51-34-43-11-5-23-73-25-7-13-48(58(43)73)60(51)97-61-49-14-8-26-74-24-6-12-44(59(49)74)35-52(57)61/h9,16-17,27,34-36,39-40,53-54,56H,1-3,5-8,11-15,18,20-26,28-33,37,41H2,(H8-,69,70,71,72,76,77,78,79,80,81,82,83,84,85,86,87,88,89)/p+1/b27-9+,42-40-/t53-,54-,56-/m1/s1. The van der Waals surface area contributed by atoms with Crippen LogP contribution in [0.1, 0.15) is 130 Å². The zero-order chi connectivity index (χ0) is 72.6. The number of amides is 3. The predicted molar refractivity (Wildman–Crippen MR) is 359 cm³/mol. The third-order valence-corrected chi connectivity index (χ3v) is 21.1. The first-order valence-electron chi connectivity index (χ1n) is 33.1. The number of benzene rings is 3. The second kappa shape index (κ2) is 34.9. The first-order chi connectivity index (χ1) is 49.0. The maximum absolute atomic E-state index is 13.6. The van der Waals surface area contributed by atoms with Gasteiger partial charge < -0.3 is 78.7 Å². The molecule has 5 atom stereocenters. The van der Waals surface area contributed by atoms with Crippen molar-refractivity contribution in [3.05, 3.63) is 142 Å². The van der Waals surface area contributed by atoms with Crippen LogP contribution in [-0.4, -0.2) is 162 Å². The SMILES string of the molecule is N#C/C=C/O[C@@H]1C[C@H](n2cc(C#CCNC(=O)OCCO/C=C(\C#N)CCOCCOCCNC(=O)CCCCCNC(=O)c3ccc(C4=c5cc6c7c(c5Oc5c4cc4c8c5CCCN8CCC4)CCC[N+]=7CCC6)c(C(=O)O)c3)c(=O)[nH]c2=O)O[C@@H]1COP(=O)(O)OP(=O)(O)OP(=O)(O)O. The van der Waals surface area contributed by atoms with Gasteiger partial charge in [0, 0.05) is 103 Å². The number of aromatic carboxylic acids is 1.